The Hall–Kier alpha value is -0.280. The van der Waals surface area contributed by atoms with Gasteiger partial charge in [0.15, 0.2) is 0 Å². The molecule has 0 spiro atoms. The first-order chi connectivity index (χ1) is 9.81. The number of hydrogen-bond acceptors (Lipinski definition) is 2. The van der Waals surface area contributed by atoms with Gasteiger partial charge in [-0.2, -0.15) is 0 Å². The molecule has 21 heavy (non-hydrogen) atoms. The minimum Gasteiger partial charge on any atom is -0.465 e. The quantitative estimate of drug-likeness (QED) is 0.783. The highest BCUT2D eigenvalue weighted by molar-refractivity contribution is 9.10. The average molecular weight is 353 g/mol. The van der Waals surface area contributed by atoms with E-state index in [-0.39, 0.29) is 0 Å². The van der Waals surface area contributed by atoms with Crippen molar-refractivity contribution in [3.63, 3.8) is 0 Å². The van der Waals surface area contributed by atoms with Gasteiger partial charge in [-0.1, -0.05) is 13.8 Å². The van der Waals surface area contributed by atoms with Gasteiger partial charge in [-0.3, -0.25) is 0 Å². The van der Waals surface area contributed by atoms with Crippen LogP contribution in [-0.2, 0) is 0 Å². The van der Waals surface area contributed by atoms with Crippen molar-refractivity contribution in [3.05, 3.63) is 22.6 Å². The second-order valence-corrected chi connectivity index (χ2v) is 9.84. The SMILES string of the molecule is CC12CC3CC(C)(C1)CC(CC(O)c1occc1Br)(C3)C2. The van der Waals surface area contributed by atoms with E-state index in [0.29, 0.717) is 22.0 Å². The van der Waals surface area contributed by atoms with Gasteiger partial charge in [0.1, 0.15) is 11.9 Å². The zero-order valence-electron chi connectivity index (χ0n) is 13.0. The largest absolute Gasteiger partial charge is 0.465 e. The lowest BCUT2D eigenvalue weighted by atomic mass is 9.39. The van der Waals surface area contributed by atoms with Gasteiger partial charge in [0.2, 0.25) is 0 Å². The fourth-order valence-electron chi connectivity index (χ4n) is 6.96. The predicted molar refractivity (Wildman–Crippen MR) is 85.8 cm³/mol. The van der Waals surface area contributed by atoms with Crippen molar-refractivity contribution in [1.82, 2.24) is 0 Å². The van der Waals surface area contributed by atoms with Crippen LogP contribution >= 0.6 is 15.9 Å². The lowest BCUT2D eigenvalue weighted by molar-refractivity contribution is -0.158. The lowest BCUT2D eigenvalue weighted by Gasteiger charge is -2.66. The predicted octanol–water partition coefficient (Wildman–Crippen LogP) is 5.46. The molecule has 2 nitrogen and oxygen atoms in total. The molecule has 4 fully saturated rings. The van der Waals surface area contributed by atoms with Crippen LogP contribution in [0.5, 0.6) is 0 Å². The molecular weight excluding hydrogens is 328 g/mol. The fraction of sp³-hybridized carbons (Fsp3) is 0.778. The van der Waals surface area contributed by atoms with Crippen LogP contribution in [0.1, 0.15) is 70.7 Å². The van der Waals surface area contributed by atoms with Crippen molar-refractivity contribution in [1.29, 1.82) is 0 Å². The molecule has 3 atom stereocenters. The first-order valence-electron chi connectivity index (χ1n) is 8.22. The van der Waals surface area contributed by atoms with Crippen LogP contribution in [0.4, 0.5) is 0 Å². The molecule has 1 heterocycles. The summed E-state index contributed by atoms with van der Waals surface area (Å²) in [7, 11) is 0. The number of hydrogen-bond donors (Lipinski definition) is 1. The van der Waals surface area contributed by atoms with Crippen molar-refractivity contribution in [3.8, 4) is 0 Å². The number of rotatable bonds is 3. The molecule has 4 aliphatic rings. The molecule has 4 saturated carbocycles. The van der Waals surface area contributed by atoms with E-state index in [1.54, 1.807) is 6.26 Å². The molecule has 1 aromatic rings. The topological polar surface area (TPSA) is 33.4 Å². The van der Waals surface area contributed by atoms with Crippen molar-refractivity contribution in [2.75, 3.05) is 0 Å². The van der Waals surface area contributed by atoms with Gasteiger partial charge in [-0.05, 0) is 89.1 Å². The fourth-order valence-corrected chi connectivity index (χ4v) is 7.42. The second-order valence-electron chi connectivity index (χ2n) is 8.98. The normalized spacial score (nSPS) is 46.0. The van der Waals surface area contributed by atoms with Gasteiger partial charge in [-0.15, -0.1) is 0 Å². The van der Waals surface area contributed by atoms with Crippen LogP contribution in [-0.4, -0.2) is 5.11 Å². The standard InChI is InChI=1S/C18H25BrO2/c1-16-5-12-6-17(2,9-16)11-18(7-12,10-16)8-14(20)15-13(19)3-4-21-15/h3-4,12,14,20H,5-11H2,1-2H3. The highest BCUT2D eigenvalue weighted by atomic mass is 79.9. The number of aliphatic hydroxyl groups is 1. The Bertz CT molecular complexity index is 545. The van der Waals surface area contributed by atoms with Gasteiger partial charge in [0.25, 0.3) is 0 Å². The molecule has 1 aromatic heterocycles. The Labute approximate surface area is 135 Å². The molecule has 3 unspecified atom stereocenters. The smallest absolute Gasteiger partial charge is 0.146 e. The Balaban J connectivity index is 1.61. The molecule has 1 N–H and O–H groups in total. The van der Waals surface area contributed by atoms with Crippen LogP contribution < -0.4 is 0 Å². The summed E-state index contributed by atoms with van der Waals surface area (Å²) < 4.78 is 6.39. The molecule has 116 valence electrons. The molecule has 0 aromatic carbocycles. The Morgan fingerprint density at radius 3 is 2.43 bits per heavy atom. The van der Waals surface area contributed by atoms with Crippen molar-refractivity contribution in [2.24, 2.45) is 22.2 Å². The van der Waals surface area contributed by atoms with Gasteiger partial charge < -0.3 is 9.52 Å². The maximum absolute atomic E-state index is 10.7. The van der Waals surface area contributed by atoms with E-state index in [9.17, 15) is 5.11 Å². The summed E-state index contributed by atoms with van der Waals surface area (Å²) in [6.07, 6.45) is 10.1. The van der Waals surface area contributed by atoms with E-state index < -0.39 is 6.10 Å². The molecular formula is C18H25BrO2. The van der Waals surface area contributed by atoms with Crippen LogP contribution in [0.25, 0.3) is 0 Å². The van der Waals surface area contributed by atoms with Crippen molar-refractivity contribution >= 4 is 15.9 Å². The van der Waals surface area contributed by atoms with E-state index in [2.05, 4.69) is 29.8 Å². The summed E-state index contributed by atoms with van der Waals surface area (Å²) >= 11 is 3.49. The van der Waals surface area contributed by atoms with Gasteiger partial charge >= 0.3 is 0 Å². The van der Waals surface area contributed by atoms with Crippen LogP contribution in [0.3, 0.4) is 0 Å². The molecule has 0 aliphatic heterocycles. The van der Waals surface area contributed by atoms with Gasteiger partial charge in [0.05, 0.1) is 10.7 Å². The highest BCUT2D eigenvalue weighted by Gasteiger charge is 2.60. The molecule has 0 radical (unpaired) electrons. The maximum Gasteiger partial charge on any atom is 0.146 e. The third-order valence-corrected chi connectivity index (χ3v) is 6.97. The molecule has 0 amide bonds. The van der Waals surface area contributed by atoms with Crippen LogP contribution in [0.2, 0.25) is 0 Å². The summed E-state index contributed by atoms with van der Waals surface area (Å²) in [5.74, 6) is 1.59. The zero-order chi connectivity index (χ0) is 14.9. The highest BCUT2D eigenvalue weighted by Crippen LogP contribution is 2.71. The van der Waals surface area contributed by atoms with E-state index >= 15 is 0 Å². The molecule has 0 saturated heterocycles. The van der Waals surface area contributed by atoms with Crippen LogP contribution in [0, 0.1) is 22.2 Å². The second kappa shape index (κ2) is 4.38. The minimum atomic E-state index is -0.474. The average Bonchev–Trinajstić information content (AvgIpc) is 2.69. The summed E-state index contributed by atoms with van der Waals surface area (Å²) in [4.78, 5) is 0. The number of furan rings is 1. The van der Waals surface area contributed by atoms with E-state index in [0.717, 1.165) is 16.8 Å². The monoisotopic (exact) mass is 352 g/mol. The third-order valence-electron chi connectivity index (χ3n) is 6.32. The Morgan fingerprint density at radius 1 is 1.24 bits per heavy atom. The number of aliphatic hydroxyl groups excluding tert-OH is 1. The summed E-state index contributed by atoms with van der Waals surface area (Å²) in [5, 5.41) is 10.7. The summed E-state index contributed by atoms with van der Waals surface area (Å²) in [5.41, 5.74) is 1.34. The minimum absolute atomic E-state index is 0.328. The van der Waals surface area contributed by atoms with E-state index in [1.165, 1.54) is 38.5 Å². The zero-order valence-corrected chi connectivity index (χ0v) is 14.6. The summed E-state index contributed by atoms with van der Waals surface area (Å²) in [6, 6.07) is 1.88. The third kappa shape index (κ3) is 2.31. The number of halogens is 1. The first kappa shape index (κ1) is 14.3. The van der Waals surface area contributed by atoms with E-state index in [4.69, 9.17) is 4.42 Å². The van der Waals surface area contributed by atoms with Crippen LogP contribution in [0.15, 0.2) is 21.2 Å². The molecule has 4 aliphatic carbocycles. The molecule has 5 rings (SSSR count). The summed E-state index contributed by atoms with van der Waals surface area (Å²) in [6.45, 7) is 4.97. The molecule has 4 bridgehead atoms. The molecule has 3 heteroatoms. The van der Waals surface area contributed by atoms with Crippen molar-refractivity contribution in [2.45, 2.75) is 64.9 Å². The van der Waals surface area contributed by atoms with E-state index in [1.807, 2.05) is 6.07 Å². The van der Waals surface area contributed by atoms with Gasteiger partial charge in [0, 0.05) is 0 Å². The first-order valence-corrected chi connectivity index (χ1v) is 9.01. The Kier molecular flexibility index (Phi) is 2.99. The van der Waals surface area contributed by atoms with Crippen molar-refractivity contribution < 1.29 is 9.52 Å². The maximum atomic E-state index is 10.7. The van der Waals surface area contributed by atoms with Gasteiger partial charge in [-0.25, -0.2) is 0 Å². The lowest BCUT2D eigenvalue weighted by Crippen LogP contribution is -2.55. The Morgan fingerprint density at radius 2 is 1.90 bits per heavy atom.